The van der Waals surface area contributed by atoms with Gasteiger partial charge in [-0.3, -0.25) is 14.8 Å². The third-order valence-corrected chi connectivity index (χ3v) is 4.85. The number of anilines is 3. The van der Waals surface area contributed by atoms with Crippen molar-refractivity contribution in [3.05, 3.63) is 87.0 Å². The lowest BCUT2D eigenvalue weighted by Gasteiger charge is -2.22. The fourth-order valence-corrected chi connectivity index (χ4v) is 3.40. The number of fused-ring (bicyclic) bond motifs is 1. The number of rotatable bonds is 3. The molecule has 0 fully saturated rings. The molecular formula is C21H17N7O2. The maximum atomic E-state index is 13.4. The van der Waals surface area contributed by atoms with Gasteiger partial charge in [-0.2, -0.15) is 5.26 Å². The molecule has 0 unspecified atom stereocenters. The lowest BCUT2D eigenvalue weighted by Crippen LogP contribution is -2.41. The van der Waals surface area contributed by atoms with Crippen molar-refractivity contribution in [1.82, 2.24) is 14.5 Å². The zero-order valence-corrected chi connectivity index (χ0v) is 16.0. The first-order valence-electron chi connectivity index (χ1n) is 8.96. The number of benzene rings is 2. The van der Waals surface area contributed by atoms with Crippen LogP contribution in [0.25, 0.3) is 16.5 Å². The molecule has 148 valence electrons. The van der Waals surface area contributed by atoms with E-state index in [2.05, 4.69) is 9.97 Å². The normalized spacial score (nSPS) is 10.7. The van der Waals surface area contributed by atoms with Gasteiger partial charge in [0.2, 0.25) is 0 Å². The van der Waals surface area contributed by atoms with Crippen LogP contribution in [0.3, 0.4) is 0 Å². The highest BCUT2D eigenvalue weighted by molar-refractivity contribution is 5.89. The molecule has 0 aliphatic carbocycles. The van der Waals surface area contributed by atoms with Crippen molar-refractivity contribution in [3.63, 3.8) is 0 Å². The number of nitrogen functional groups attached to an aromatic ring is 1. The second-order valence-corrected chi connectivity index (χ2v) is 6.64. The van der Waals surface area contributed by atoms with E-state index < -0.39 is 11.2 Å². The quantitative estimate of drug-likeness (QED) is 0.270. The highest BCUT2D eigenvalue weighted by Crippen LogP contribution is 2.29. The Morgan fingerprint density at radius 2 is 1.90 bits per heavy atom. The monoisotopic (exact) mass is 399 g/mol. The molecule has 0 amide bonds. The van der Waals surface area contributed by atoms with E-state index in [9.17, 15) is 14.9 Å². The van der Waals surface area contributed by atoms with Crippen molar-refractivity contribution >= 4 is 27.8 Å². The van der Waals surface area contributed by atoms with Gasteiger partial charge >= 0.3 is 5.69 Å². The zero-order valence-electron chi connectivity index (χ0n) is 16.0. The van der Waals surface area contributed by atoms with Gasteiger partial charge in [0.1, 0.15) is 11.8 Å². The van der Waals surface area contributed by atoms with Crippen LogP contribution < -0.4 is 27.8 Å². The van der Waals surface area contributed by atoms with Gasteiger partial charge in [-0.1, -0.05) is 30.3 Å². The van der Waals surface area contributed by atoms with E-state index in [0.29, 0.717) is 11.1 Å². The Balaban J connectivity index is 2.00. The second-order valence-electron chi connectivity index (χ2n) is 6.64. The fourth-order valence-electron chi connectivity index (χ4n) is 3.40. The molecule has 0 aliphatic heterocycles. The molecule has 0 atom stereocenters. The second kappa shape index (κ2) is 7.20. The summed E-state index contributed by atoms with van der Waals surface area (Å²) in [5, 5.41) is 11.8. The smallest absolute Gasteiger partial charge is 0.333 e. The number of aromatic amines is 1. The molecule has 0 saturated heterocycles. The van der Waals surface area contributed by atoms with Gasteiger partial charge in [-0.05, 0) is 19.1 Å². The molecule has 4 rings (SSSR count). The summed E-state index contributed by atoms with van der Waals surface area (Å²) in [6, 6.07) is 14.0. The van der Waals surface area contributed by atoms with Gasteiger partial charge in [0.15, 0.2) is 0 Å². The predicted molar refractivity (Wildman–Crippen MR) is 115 cm³/mol. The largest absolute Gasteiger partial charge is 0.396 e. The van der Waals surface area contributed by atoms with E-state index in [-0.39, 0.29) is 28.3 Å². The summed E-state index contributed by atoms with van der Waals surface area (Å²) in [7, 11) is 0. The molecule has 0 aliphatic rings. The van der Waals surface area contributed by atoms with Gasteiger partial charge in [-0.15, -0.1) is 0 Å². The first-order chi connectivity index (χ1) is 14.4. The van der Waals surface area contributed by atoms with Crippen molar-refractivity contribution in [2.45, 2.75) is 6.92 Å². The summed E-state index contributed by atoms with van der Waals surface area (Å²) in [6.07, 6.45) is 3.10. The van der Waals surface area contributed by atoms with Crippen molar-refractivity contribution < 1.29 is 0 Å². The number of hydrogen-bond acceptors (Lipinski definition) is 7. The number of hydrogen-bond donors (Lipinski definition) is 3. The molecule has 9 heteroatoms. The lowest BCUT2D eigenvalue weighted by molar-refractivity contribution is 0.844. The third-order valence-electron chi connectivity index (χ3n) is 4.85. The number of nitrogens with one attached hydrogen (secondary N) is 1. The molecule has 5 N–H and O–H groups in total. The molecule has 2 heterocycles. The molecule has 4 aromatic rings. The first-order valence-corrected chi connectivity index (χ1v) is 8.96. The van der Waals surface area contributed by atoms with Crippen LogP contribution in [-0.2, 0) is 0 Å². The van der Waals surface area contributed by atoms with Gasteiger partial charge in [0.05, 0.1) is 28.8 Å². The summed E-state index contributed by atoms with van der Waals surface area (Å²) >= 11 is 0. The lowest BCUT2D eigenvalue weighted by atomic mass is 10.1. The van der Waals surface area contributed by atoms with Crippen LogP contribution in [-0.4, -0.2) is 14.5 Å². The number of nitriles is 1. The summed E-state index contributed by atoms with van der Waals surface area (Å²) in [5.74, 6) is 6.25. The van der Waals surface area contributed by atoms with Crippen LogP contribution in [0.15, 0.2) is 64.4 Å². The van der Waals surface area contributed by atoms with Crippen LogP contribution >= 0.6 is 0 Å². The van der Waals surface area contributed by atoms with Crippen LogP contribution in [0.2, 0.25) is 0 Å². The fraction of sp³-hybridized carbons (Fsp3) is 0.0476. The first kappa shape index (κ1) is 18.9. The van der Waals surface area contributed by atoms with Gasteiger partial charge in [0.25, 0.3) is 5.56 Å². The topological polar surface area (TPSA) is 147 Å². The van der Waals surface area contributed by atoms with Crippen LogP contribution in [0.5, 0.6) is 0 Å². The summed E-state index contributed by atoms with van der Waals surface area (Å²) in [4.78, 5) is 33.0. The Bertz CT molecular complexity index is 1440. The minimum Gasteiger partial charge on any atom is -0.396 e. The maximum absolute atomic E-state index is 13.4. The SMILES string of the molecule is Cc1[nH]c(=O)n(-c2cncc3ccccc23)c(=O)c1N(N)c1cccc(C#N)c1N. The Hall–Kier alpha value is -4.42. The number of nitrogens with zero attached hydrogens (tertiary/aromatic N) is 4. The van der Waals surface area contributed by atoms with Gasteiger partial charge in [0, 0.05) is 22.7 Å². The zero-order chi connectivity index (χ0) is 21.4. The number of hydrazine groups is 1. The van der Waals surface area contributed by atoms with E-state index in [1.165, 1.54) is 6.20 Å². The third kappa shape index (κ3) is 2.88. The number of aryl methyl sites for hydroxylation is 1. The Morgan fingerprint density at radius 3 is 2.67 bits per heavy atom. The molecule has 2 aromatic carbocycles. The van der Waals surface area contributed by atoms with Crippen molar-refractivity contribution in [2.75, 3.05) is 10.7 Å². The highest BCUT2D eigenvalue weighted by Gasteiger charge is 2.21. The highest BCUT2D eigenvalue weighted by atomic mass is 16.2. The predicted octanol–water partition coefficient (Wildman–Crippen LogP) is 1.85. The number of H-pyrrole nitrogens is 1. The van der Waals surface area contributed by atoms with Crippen molar-refractivity contribution in [3.8, 4) is 11.8 Å². The van der Waals surface area contributed by atoms with Crippen LogP contribution in [0.1, 0.15) is 11.3 Å². The standard InChI is InChI=1S/C21H17N7O2/c1-12-19(28(24)16-8-4-6-13(9-22)18(16)23)20(29)27(21(30)26-12)17-11-25-10-14-5-2-3-7-15(14)17/h2-8,10-11H,23-24H2,1H3,(H,26,30). The minimum absolute atomic E-state index is 0.0179. The Morgan fingerprint density at radius 1 is 1.13 bits per heavy atom. The van der Waals surface area contributed by atoms with Gasteiger partial charge in [-0.25, -0.2) is 15.2 Å². The number of pyridine rings is 1. The minimum atomic E-state index is -0.640. The number of aromatic nitrogens is 3. The number of para-hydroxylation sites is 1. The van der Waals surface area contributed by atoms with Crippen molar-refractivity contribution in [2.24, 2.45) is 5.84 Å². The summed E-state index contributed by atoms with van der Waals surface area (Å²) in [5.41, 5.74) is 6.02. The molecule has 0 saturated carbocycles. The number of nitrogens with two attached hydrogens (primary N) is 2. The average Bonchev–Trinajstić information content (AvgIpc) is 2.73. The average molecular weight is 399 g/mol. The van der Waals surface area contributed by atoms with Crippen molar-refractivity contribution in [1.29, 1.82) is 5.26 Å². The van der Waals surface area contributed by atoms with E-state index in [1.807, 2.05) is 24.3 Å². The summed E-state index contributed by atoms with van der Waals surface area (Å²) < 4.78 is 0.988. The maximum Gasteiger partial charge on any atom is 0.333 e. The molecule has 9 nitrogen and oxygen atoms in total. The van der Waals surface area contributed by atoms with E-state index in [1.54, 1.807) is 37.4 Å². The van der Waals surface area contributed by atoms with Crippen LogP contribution in [0, 0.1) is 18.3 Å². The molecular weight excluding hydrogens is 382 g/mol. The molecule has 30 heavy (non-hydrogen) atoms. The molecule has 0 radical (unpaired) electrons. The summed E-state index contributed by atoms with van der Waals surface area (Å²) in [6.45, 7) is 1.56. The van der Waals surface area contributed by atoms with E-state index >= 15 is 0 Å². The molecule has 0 spiro atoms. The Kier molecular flexibility index (Phi) is 4.54. The van der Waals surface area contributed by atoms with Gasteiger partial charge < -0.3 is 10.7 Å². The van der Waals surface area contributed by atoms with E-state index in [0.717, 1.165) is 15.0 Å². The molecule has 2 aromatic heterocycles. The van der Waals surface area contributed by atoms with E-state index in [4.69, 9.17) is 11.6 Å². The molecule has 0 bridgehead atoms. The van der Waals surface area contributed by atoms with Crippen LogP contribution in [0.4, 0.5) is 17.1 Å². The Labute approximate surface area is 170 Å².